The van der Waals surface area contributed by atoms with E-state index < -0.39 is 12.8 Å². The number of piperidine rings is 3. The first-order valence-electron chi connectivity index (χ1n) is 8.95. The maximum absolute atomic E-state index is 13.1. The number of fused-ring (bicyclic) bond motifs is 3. The van der Waals surface area contributed by atoms with E-state index in [4.69, 9.17) is 4.74 Å². The summed E-state index contributed by atoms with van der Waals surface area (Å²) in [5.41, 5.74) is 1.03. The molecule has 5 rings (SSSR count). The van der Waals surface area contributed by atoms with Crippen molar-refractivity contribution in [3.05, 3.63) is 35.3 Å². The minimum absolute atomic E-state index is 0.126. The van der Waals surface area contributed by atoms with Crippen molar-refractivity contribution in [3.63, 3.8) is 0 Å². The van der Waals surface area contributed by atoms with Gasteiger partial charge in [0.15, 0.2) is 5.82 Å². The smallest absolute Gasteiger partial charge is 0.412 e. The molecule has 0 saturated carbocycles. The highest BCUT2D eigenvalue weighted by Crippen LogP contribution is 2.40. The van der Waals surface area contributed by atoms with Gasteiger partial charge in [-0.2, -0.15) is 0 Å². The lowest BCUT2D eigenvalue weighted by Gasteiger charge is -2.47. The van der Waals surface area contributed by atoms with E-state index in [0.29, 0.717) is 17.4 Å². The number of nitrogens with zero attached hydrogens (tertiary/aromatic N) is 2. The standard InChI is InChI=1S/C19H22FN3O2S/c20-12-15-21-17(16(26-15)14-4-2-1-3-5-14)22-18(24)25-13-19-6-9-23(10-7-19)11-8-19/h1-5H,6-13H2,(H,22,24). The number of amides is 1. The Morgan fingerprint density at radius 1 is 1.23 bits per heavy atom. The van der Waals surface area contributed by atoms with Crippen molar-refractivity contribution in [2.75, 3.05) is 31.6 Å². The normalized spacial score (nSPS) is 24.4. The Morgan fingerprint density at radius 2 is 1.92 bits per heavy atom. The fourth-order valence-electron chi connectivity index (χ4n) is 3.76. The highest BCUT2D eigenvalue weighted by molar-refractivity contribution is 7.15. The summed E-state index contributed by atoms with van der Waals surface area (Å²) < 4.78 is 18.6. The van der Waals surface area contributed by atoms with Gasteiger partial charge in [-0.25, -0.2) is 14.2 Å². The highest BCUT2D eigenvalue weighted by atomic mass is 32.1. The van der Waals surface area contributed by atoms with Gasteiger partial charge in [0.1, 0.15) is 11.7 Å². The van der Waals surface area contributed by atoms with Crippen LogP contribution in [0.3, 0.4) is 0 Å². The van der Waals surface area contributed by atoms with Crippen molar-refractivity contribution in [1.82, 2.24) is 9.88 Å². The molecule has 0 aliphatic carbocycles. The van der Waals surface area contributed by atoms with Crippen LogP contribution in [0.1, 0.15) is 24.3 Å². The fraction of sp³-hybridized carbons (Fsp3) is 0.474. The van der Waals surface area contributed by atoms with Crippen LogP contribution < -0.4 is 5.32 Å². The molecular weight excluding hydrogens is 353 g/mol. The van der Waals surface area contributed by atoms with E-state index in [0.717, 1.165) is 49.3 Å². The number of alkyl halides is 1. The average Bonchev–Trinajstić information content (AvgIpc) is 3.11. The number of nitrogens with one attached hydrogen (secondary N) is 1. The molecule has 1 amide bonds. The maximum Gasteiger partial charge on any atom is 0.412 e. The van der Waals surface area contributed by atoms with Crippen LogP contribution in [-0.2, 0) is 11.4 Å². The van der Waals surface area contributed by atoms with Crippen LogP contribution in [0.4, 0.5) is 15.0 Å². The van der Waals surface area contributed by atoms with Gasteiger partial charge >= 0.3 is 6.09 Å². The third-order valence-electron chi connectivity index (χ3n) is 5.43. The Bertz CT molecular complexity index is 759. The van der Waals surface area contributed by atoms with E-state index in [2.05, 4.69) is 15.2 Å². The molecule has 7 heteroatoms. The predicted molar refractivity (Wildman–Crippen MR) is 100 cm³/mol. The van der Waals surface area contributed by atoms with Crippen LogP contribution >= 0.6 is 11.3 Å². The van der Waals surface area contributed by atoms with Crippen LogP contribution in [0.25, 0.3) is 10.4 Å². The van der Waals surface area contributed by atoms with E-state index in [1.54, 1.807) is 0 Å². The van der Waals surface area contributed by atoms with E-state index in [-0.39, 0.29) is 5.41 Å². The molecule has 4 heterocycles. The molecule has 1 aromatic carbocycles. The van der Waals surface area contributed by atoms with E-state index in [9.17, 15) is 9.18 Å². The lowest BCUT2D eigenvalue weighted by molar-refractivity contribution is -0.0190. The van der Waals surface area contributed by atoms with Gasteiger partial charge in [-0.1, -0.05) is 30.3 Å². The van der Waals surface area contributed by atoms with Crippen LogP contribution in [0.15, 0.2) is 30.3 Å². The number of thiazole rings is 1. The third-order valence-corrected chi connectivity index (χ3v) is 6.50. The molecule has 3 aliphatic heterocycles. The third kappa shape index (κ3) is 3.59. The van der Waals surface area contributed by atoms with Crippen molar-refractivity contribution >= 4 is 23.2 Å². The van der Waals surface area contributed by atoms with Gasteiger partial charge in [0, 0.05) is 5.41 Å². The fourth-order valence-corrected chi connectivity index (χ4v) is 4.63. The first kappa shape index (κ1) is 17.4. The zero-order chi connectivity index (χ0) is 18.0. The van der Waals surface area contributed by atoms with Crippen LogP contribution in [0.5, 0.6) is 0 Å². The molecule has 1 N–H and O–H groups in total. The Morgan fingerprint density at radius 3 is 2.58 bits per heavy atom. The van der Waals surface area contributed by atoms with Crippen LogP contribution in [0.2, 0.25) is 0 Å². The summed E-state index contributed by atoms with van der Waals surface area (Å²) in [5.74, 6) is 0.370. The van der Waals surface area contributed by atoms with Crippen molar-refractivity contribution in [1.29, 1.82) is 0 Å². The monoisotopic (exact) mass is 375 g/mol. The molecule has 0 atom stereocenters. The number of carbonyl (C=O) groups is 1. The number of halogens is 1. The number of hydrogen-bond acceptors (Lipinski definition) is 5. The lowest BCUT2D eigenvalue weighted by atomic mass is 9.73. The summed E-state index contributed by atoms with van der Waals surface area (Å²) in [4.78, 5) is 19.8. The van der Waals surface area contributed by atoms with Gasteiger partial charge in [0.2, 0.25) is 0 Å². The molecular formula is C19H22FN3O2S. The van der Waals surface area contributed by atoms with Crippen molar-refractivity contribution < 1.29 is 13.9 Å². The zero-order valence-corrected chi connectivity index (χ0v) is 15.4. The summed E-state index contributed by atoms with van der Waals surface area (Å²) in [7, 11) is 0. The second-order valence-corrected chi connectivity index (χ2v) is 8.16. The van der Waals surface area contributed by atoms with Gasteiger partial charge in [0.25, 0.3) is 0 Å². The first-order valence-corrected chi connectivity index (χ1v) is 9.76. The van der Waals surface area contributed by atoms with E-state index in [1.165, 1.54) is 11.3 Å². The molecule has 3 fully saturated rings. The molecule has 3 saturated heterocycles. The second-order valence-electron chi connectivity index (χ2n) is 7.08. The topological polar surface area (TPSA) is 54.5 Å². The molecule has 3 aliphatic rings. The Balaban J connectivity index is 1.43. The molecule has 26 heavy (non-hydrogen) atoms. The molecule has 0 unspecified atom stereocenters. The summed E-state index contributed by atoms with van der Waals surface area (Å²) in [6.07, 6.45) is 2.73. The predicted octanol–water partition coefficient (Wildman–Crippen LogP) is 4.31. The molecule has 0 spiro atoms. The average molecular weight is 375 g/mol. The minimum Gasteiger partial charge on any atom is -0.449 e. The summed E-state index contributed by atoms with van der Waals surface area (Å²) in [6, 6.07) is 9.56. The van der Waals surface area contributed by atoms with Crippen LogP contribution in [-0.4, -0.2) is 42.2 Å². The number of ether oxygens (including phenoxy) is 1. The van der Waals surface area contributed by atoms with E-state index >= 15 is 0 Å². The quantitative estimate of drug-likeness (QED) is 0.846. The summed E-state index contributed by atoms with van der Waals surface area (Å²) >= 11 is 1.25. The van der Waals surface area contributed by atoms with Gasteiger partial charge in [-0.05, 0) is 44.5 Å². The number of rotatable bonds is 5. The lowest BCUT2D eigenvalue weighted by Crippen LogP contribution is -2.50. The molecule has 138 valence electrons. The number of carbonyl (C=O) groups excluding carboxylic acids is 1. The van der Waals surface area contributed by atoms with Crippen LogP contribution in [0, 0.1) is 5.41 Å². The Hall–Kier alpha value is -1.99. The summed E-state index contributed by atoms with van der Waals surface area (Å²) in [6.45, 7) is 3.06. The van der Waals surface area contributed by atoms with E-state index in [1.807, 2.05) is 30.3 Å². The molecule has 5 nitrogen and oxygen atoms in total. The zero-order valence-electron chi connectivity index (χ0n) is 14.5. The Kier molecular flexibility index (Phi) is 4.91. The molecule has 2 bridgehead atoms. The van der Waals surface area contributed by atoms with Crippen molar-refractivity contribution in [3.8, 4) is 10.4 Å². The Labute approximate surface area is 156 Å². The van der Waals surface area contributed by atoms with Gasteiger partial charge in [-0.3, -0.25) is 5.32 Å². The highest BCUT2D eigenvalue weighted by Gasteiger charge is 2.40. The SMILES string of the molecule is O=C(Nc1nc(CF)sc1-c1ccccc1)OCC12CCN(CC1)CC2. The first-order chi connectivity index (χ1) is 12.7. The number of aromatic nitrogens is 1. The summed E-state index contributed by atoms with van der Waals surface area (Å²) in [5, 5.41) is 3.06. The molecule has 1 aromatic heterocycles. The molecule has 2 aromatic rings. The maximum atomic E-state index is 13.1. The largest absolute Gasteiger partial charge is 0.449 e. The minimum atomic E-state index is -0.652. The second kappa shape index (κ2) is 7.32. The van der Waals surface area contributed by atoms with Crippen molar-refractivity contribution in [2.45, 2.75) is 25.9 Å². The number of anilines is 1. The number of hydrogen-bond donors (Lipinski definition) is 1. The van der Waals surface area contributed by atoms with Gasteiger partial charge < -0.3 is 9.64 Å². The van der Waals surface area contributed by atoms with Crippen molar-refractivity contribution in [2.24, 2.45) is 5.41 Å². The van der Waals surface area contributed by atoms with Gasteiger partial charge in [0.05, 0.1) is 11.5 Å². The van der Waals surface area contributed by atoms with Gasteiger partial charge in [-0.15, -0.1) is 11.3 Å². The number of benzene rings is 1. The molecule has 0 radical (unpaired) electrons.